The third-order valence-electron chi connectivity index (χ3n) is 4.03. The molecular formula is C20H20Cl2O5. The van der Waals surface area contributed by atoms with Crippen LogP contribution in [0.2, 0.25) is 10.0 Å². The van der Waals surface area contributed by atoms with Gasteiger partial charge in [-0.25, -0.2) is 4.79 Å². The van der Waals surface area contributed by atoms with Crippen molar-refractivity contribution >= 4 is 29.2 Å². The Morgan fingerprint density at radius 3 is 2.59 bits per heavy atom. The quantitative estimate of drug-likeness (QED) is 0.581. The van der Waals surface area contributed by atoms with Crippen molar-refractivity contribution < 1.29 is 23.7 Å². The topological polar surface area (TPSA) is 54.0 Å². The number of rotatable bonds is 7. The monoisotopic (exact) mass is 410 g/mol. The third kappa shape index (κ3) is 5.76. The Balaban J connectivity index is 1.51. The van der Waals surface area contributed by atoms with Crippen LogP contribution in [0.1, 0.15) is 19.8 Å². The van der Waals surface area contributed by atoms with Gasteiger partial charge < -0.3 is 18.9 Å². The number of halogens is 2. The van der Waals surface area contributed by atoms with Gasteiger partial charge in [0.05, 0.1) is 11.1 Å². The first-order valence-electron chi connectivity index (χ1n) is 8.69. The number of esters is 1. The minimum Gasteiger partial charge on any atom is -0.479 e. The molecule has 1 saturated heterocycles. The fraction of sp³-hybridized carbons (Fsp3) is 0.350. The van der Waals surface area contributed by atoms with Gasteiger partial charge in [0.15, 0.2) is 6.10 Å². The van der Waals surface area contributed by atoms with Crippen LogP contribution in [-0.2, 0) is 14.3 Å². The fourth-order valence-electron chi connectivity index (χ4n) is 2.59. The van der Waals surface area contributed by atoms with E-state index in [1.807, 2.05) is 0 Å². The molecule has 1 aliphatic heterocycles. The van der Waals surface area contributed by atoms with E-state index in [-0.39, 0.29) is 12.7 Å². The van der Waals surface area contributed by atoms with Gasteiger partial charge in [-0.15, -0.1) is 0 Å². The fourth-order valence-corrected chi connectivity index (χ4v) is 3.04. The molecule has 7 heteroatoms. The predicted octanol–water partition coefficient (Wildman–Crippen LogP) is 5.28. The lowest BCUT2D eigenvalue weighted by molar-refractivity contribution is -0.154. The highest BCUT2D eigenvalue weighted by Gasteiger charge is 2.21. The summed E-state index contributed by atoms with van der Waals surface area (Å²) in [6.07, 6.45) is 1.20. The Bertz CT molecular complexity index is 772. The molecule has 0 radical (unpaired) electrons. The Kier molecular flexibility index (Phi) is 6.83. The summed E-state index contributed by atoms with van der Waals surface area (Å²) in [5.74, 6) is 1.20. The minimum absolute atomic E-state index is 0.00252. The zero-order valence-electron chi connectivity index (χ0n) is 14.8. The highest BCUT2D eigenvalue weighted by atomic mass is 35.5. The van der Waals surface area contributed by atoms with Gasteiger partial charge in [0.1, 0.15) is 23.9 Å². The molecule has 1 aliphatic rings. The molecule has 0 amide bonds. The molecule has 0 saturated carbocycles. The van der Waals surface area contributed by atoms with Gasteiger partial charge >= 0.3 is 5.97 Å². The van der Waals surface area contributed by atoms with Crippen molar-refractivity contribution in [1.29, 1.82) is 0 Å². The lowest BCUT2D eigenvalue weighted by atomic mass is 10.2. The van der Waals surface area contributed by atoms with Crippen molar-refractivity contribution in [3.63, 3.8) is 0 Å². The second-order valence-electron chi connectivity index (χ2n) is 6.17. The number of hydrogen-bond acceptors (Lipinski definition) is 5. The Morgan fingerprint density at radius 2 is 1.93 bits per heavy atom. The second kappa shape index (κ2) is 9.31. The molecule has 0 bridgehead atoms. The number of benzene rings is 2. The standard InChI is InChI=1S/C20H20Cl2O5/c1-13(20(23)25-12-17-3-2-10-24-17)26-15-5-7-16(8-6-15)27-19-9-4-14(21)11-18(19)22/h4-9,11,13,17H,2-3,10,12H2,1H3. The van der Waals surface area contributed by atoms with Crippen LogP contribution in [0.3, 0.4) is 0 Å². The first-order chi connectivity index (χ1) is 13.0. The summed E-state index contributed by atoms with van der Waals surface area (Å²) in [5, 5.41) is 0.960. The summed E-state index contributed by atoms with van der Waals surface area (Å²) in [4.78, 5) is 12.0. The van der Waals surface area contributed by atoms with Crippen LogP contribution in [0, 0.1) is 0 Å². The second-order valence-corrected chi connectivity index (χ2v) is 7.02. The molecule has 0 spiro atoms. The van der Waals surface area contributed by atoms with Gasteiger partial charge in [-0.1, -0.05) is 23.2 Å². The molecule has 2 aromatic carbocycles. The molecule has 0 aromatic heterocycles. The summed E-state index contributed by atoms with van der Waals surface area (Å²) >= 11 is 12.0. The molecule has 2 unspecified atom stereocenters. The molecule has 2 aromatic rings. The molecule has 0 N–H and O–H groups in total. The van der Waals surface area contributed by atoms with E-state index in [0.29, 0.717) is 27.3 Å². The van der Waals surface area contributed by atoms with E-state index in [1.165, 1.54) is 0 Å². The van der Waals surface area contributed by atoms with E-state index in [1.54, 1.807) is 49.4 Å². The molecule has 1 heterocycles. The van der Waals surface area contributed by atoms with E-state index in [4.69, 9.17) is 42.1 Å². The first-order valence-corrected chi connectivity index (χ1v) is 9.45. The molecule has 27 heavy (non-hydrogen) atoms. The summed E-state index contributed by atoms with van der Waals surface area (Å²) in [6.45, 7) is 2.64. The van der Waals surface area contributed by atoms with Gasteiger partial charge in [-0.2, -0.15) is 0 Å². The number of hydrogen-bond donors (Lipinski definition) is 0. The molecule has 1 fully saturated rings. The average Bonchev–Trinajstić information content (AvgIpc) is 3.17. The molecule has 0 aliphatic carbocycles. The lowest BCUT2D eigenvalue weighted by Crippen LogP contribution is -2.29. The maximum Gasteiger partial charge on any atom is 0.347 e. The molecule has 144 valence electrons. The van der Waals surface area contributed by atoms with Crippen LogP contribution in [-0.4, -0.2) is 31.4 Å². The smallest absolute Gasteiger partial charge is 0.347 e. The van der Waals surface area contributed by atoms with Gasteiger partial charge in [0.2, 0.25) is 0 Å². The van der Waals surface area contributed by atoms with Crippen LogP contribution >= 0.6 is 23.2 Å². The van der Waals surface area contributed by atoms with Crippen molar-refractivity contribution in [2.45, 2.75) is 32.0 Å². The summed E-state index contributed by atoms with van der Waals surface area (Å²) < 4.78 is 22.0. The normalized spacial score (nSPS) is 17.4. The van der Waals surface area contributed by atoms with Gasteiger partial charge in [-0.05, 0) is 62.2 Å². The number of ether oxygens (including phenoxy) is 4. The third-order valence-corrected chi connectivity index (χ3v) is 4.56. The van der Waals surface area contributed by atoms with E-state index in [0.717, 1.165) is 19.4 Å². The number of carbonyl (C=O) groups excluding carboxylic acids is 1. The Morgan fingerprint density at radius 1 is 1.19 bits per heavy atom. The highest BCUT2D eigenvalue weighted by molar-refractivity contribution is 6.35. The van der Waals surface area contributed by atoms with E-state index in [2.05, 4.69) is 0 Å². The predicted molar refractivity (Wildman–Crippen MR) is 103 cm³/mol. The van der Waals surface area contributed by atoms with Crippen molar-refractivity contribution in [1.82, 2.24) is 0 Å². The van der Waals surface area contributed by atoms with Crippen LogP contribution < -0.4 is 9.47 Å². The SMILES string of the molecule is CC(Oc1ccc(Oc2ccc(Cl)cc2Cl)cc1)C(=O)OCC1CCCO1. The molecule has 2 atom stereocenters. The number of carbonyl (C=O) groups is 1. The van der Waals surface area contributed by atoms with Crippen LogP contribution in [0.4, 0.5) is 0 Å². The first kappa shape index (κ1) is 19.8. The zero-order valence-corrected chi connectivity index (χ0v) is 16.3. The minimum atomic E-state index is -0.719. The largest absolute Gasteiger partial charge is 0.479 e. The van der Waals surface area contributed by atoms with Gasteiger partial charge in [0, 0.05) is 11.6 Å². The summed E-state index contributed by atoms with van der Waals surface area (Å²) in [7, 11) is 0. The van der Waals surface area contributed by atoms with Crippen LogP contribution in [0.5, 0.6) is 17.2 Å². The van der Waals surface area contributed by atoms with Crippen molar-refractivity contribution in [3.05, 3.63) is 52.5 Å². The Hall–Kier alpha value is -1.95. The van der Waals surface area contributed by atoms with Crippen molar-refractivity contribution in [3.8, 4) is 17.2 Å². The molecule has 5 nitrogen and oxygen atoms in total. The van der Waals surface area contributed by atoms with Crippen molar-refractivity contribution in [2.24, 2.45) is 0 Å². The van der Waals surface area contributed by atoms with Crippen LogP contribution in [0.15, 0.2) is 42.5 Å². The van der Waals surface area contributed by atoms with E-state index < -0.39 is 12.1 Å². The van der Waals surface area contributed by atoms with Gasteiger partial charge in [0.25, 0.3) is 0 Å². The summed E-state index contributed by atoms with van der Waals surface area (Å²) in [6, 6.07) is 11.9. The maximum absolute atomic E-state index is 12.0. The molecular weight excluding hydrogens is 391 g/mol. The van der Waals surface area contributed by atoms with E-state index in [9.17, 15) is 4.79 Å². The maximum atomic E-state index is 12.0. The van der Waals surface area contributed by atoms with Gasteiger partial charge in [-0.3, -0.25) is 0 Å². The average molecular weight is 411 g/mol. The lowest BCUT2D eigenvalue weighted by Gasteiger charge is -2.16. The van der Waals surface area contributed by atoms with Crippen molar-refractivity contribution in [2.75, 3.05) is 13.2 Å². The van der Waals surface area contributed by atoms with E-state index >= 15 is 0 Å². The Labute approximate surface area is 168 Å². The molecule has 3 rings (SSSR count). The van der Waals surface area contributed by atoms with Crippen LogP contribution in [0.25, 0.3) is 0 Å². The zero-order chi connectivity index (χ0) is 19.2. The summed E-state index contributed by atoms with van der Waals surface area (Å²) in [5.41, 5.74) is 0. The highest BCUT2D eigenvalue weighted by Crippen LogP contribution is 2.32.